The Morgan fingerprint density at radius 1 is 1.21 bits per heavy atom. The maximum atomic E-state index is 11.7. The van der Waals surface area contributed by atoms with Gasteiger partial charge < -0.3 is 0 Å². The minimum atomic E-state index is -3.31. The molecule has 0 radical (unpaired) electrons. The molecule has 0 unspecified atom stereocenters. The molecule has 82 valence electrons. The van der Waals surface area contributed by atoms with E-state index in [0.29, 0.717) is 19.5 Å². The van der Waals surface area contributed by atoms with Crippen LogP contribution in [0.25, 0.3) is 0 Å². The second-order valence-electron chi connectivity index (χ2n) is 3.61. The smallest absolute Gasteiger partial charge is 0.221 e. The highest BCUT2D eigenvalue weighted by molar-refractivity contribution is 7.89. The summed E-state index contributed by atoms with van der Waals surface area (Å²) in [6, 6.07) is 0. The van der Waals surface area contributed by atoms with E-state index < -0.39 is 10.0 Å². The molecule has 0 bridgehead atoms. The lowest BCUT2D eigenvalue weighted by atomic mass is 10.2. The molecule has 0 aliphatic carbocycles. The minimum Gasteiger partial charge on any atom is -0.299 e. The molecule has 0 amide bonds. The van der Waals surface area contributed by atoms with E-state index in [1.807, 2.05) is 0 Å². The monoisotopic (exact) mass is 219 g/mol. The van der Waals surface area contributed by atoms with Gasteiger partial charge >= 0.3 is 0 Å². The zero-order valence-corrected chi connectivity index (χ0v) is 9.35. The van der Waals surface area contributed by atoms with Crippen LogP contribution in [-0.2, 0) is 14.8 Å². The second kappa shape index (κ2) is 4.89. The number of piperidine rings is 1. The fraction of sp³-hybridized carbons (Fsp3) is 0.889. The van der Waals surface area contributed by atoms with Gasteiger partial charge in [0.1, 0.15) is 11.5 Å². The lowest BCUT2D eigenvalue weighted by molar-refractivity contribution is -0.116. The average molecular weight is 219 g/mol. The summed E-state index contributed by atoms with van der Waals surface area (Å²) in [5.74, 6) is -0.515. The van der Waals surface area contributed by atoms with Gasteiger partial charge in [-0.3, -0.25) is 4.79 Å². The molecule has 14 heavy (non-hydrogen) atoms. The lowest BCUT2D eigenvalue weighted by Crippen LogP contribution is -2.38. The van der Waals surface area contributed by atoms with Gasteiger partial charge in [0.2, 0.25) is 10.0 Å². The van der Waals surface area contributed by atoms with Gasteiger partial charge in [0.25, 0.3) is 0 Å². The van der Waals surface area contributed by atoms with E-state index in [4.69, 9.17) is 0 Å². The largest absolute Gasteiger partial charge is 0.299 e. The highest BCUT2D eigenvalue weighted by atomic mass is 32.2. The predicted octanol–water partition coefficient (Wildman–Crippen LogP) is 0.781. The Kier molecular flexibility index (Phi) is 4.07. The summed E-state index contributed by atoms with van der Waals surface area (Å²) in [5, 5.41) is 0. The molecule has 0 atom stereocenters. The number of carbonyl (C=O) groups excluding carboxylic acids is 1. The normalized spacial score (nSPS) is 19.5. The Labute approximate surface area is 85.3 Å². The molecular weight excluding hydrogens is 202 g/mol. The summed E-state index contributed by atoms with van der Waals surface area (Å²) in [6.45, 7) is 2.85. The van der Waals surface area contributed by atoms with Crippen molar-refractivity contribution in [1.82, 2.24) is 4.31 Å². The van der Waals surface area contributed by atoms with Gasteiger partial charge in [0.15, 0.2) is 0 Å². The maximum Gasteiger partial charge on any atom is 0.221 e. The molecule has 1 aliphatic rings. The third-order valence-electron chi connectivity index (χ3n) is 2.45. The Morgan fingerprint density at radius 3 is 2.29 bits per heavy atom. The molecule has 1 heterocycles. The zero-order valence-electron chi connectivity index (χ0n) is 8.53. The first kappa shape index (κ1) is 11.7. The SMILES string of the molecule is CCC(=O)CS(=O)(=O)N1CCCCC1. The standard InChI is InChI=1S/C9H17NO3S/c1-2-9(11)8-14(12,13)10-6-4-3-5-7-10/h2-8H2,1H3. The van der Waals surface area contributed by atoms with Crippen molar-refractivity contribution in [2.24, 2.45) is 0 Å². The van der Waals surface area contributed by atoms with Crippen LogP contribution in [0.5, 0.6) is 0 Å². The van der Waals surface area contributed by atoms with Gasteiger partial charge in [-0.1, -0.05) is 13.3 Å². The van der Waals surface area contributed by atoms with E-state index in [0.717, 1.165) is 19.3 Å². The predicted molar refractivity (Wildman–Crippen MR) is 54.5 cm³/mol. The minimum absolute atomic E-state index is 0.199. The quantitative estimate of drug-likeness (QED) is 0.702. The first-order chi connectivity index (χ1) is 6.56. The fourth-order valence-electron chi connectivity index (χ4n) is 1.54. The summed E-state index contributed by atoms with van der Waals surface area (Å²) in [6.07, 6.45) is 3.22. The third kappa shape index (κ3) is 3.06. The molecule has 1 rings (SSSR count). The maximum absolute atomic E-state index is 11.7. The third-order valence-corrected chi connectivity index (χ3v) is 4.28. The Morgan fingerprint density at radius 2 is 1.79 bits per heavy atom. The zero-order chi connectivity index (χ0) is 10.6. The number of hydrogen-bond donors (Lipinski definition) is 0. The van der Waals surface area contributed by atoms with Gasteiger partial charge in [-0.25, -0.2) is 12.7 Å². The highest BCUT2D eigenvalue weighted by Crippen LogP contribution is 2.13. The van der Waals surface area contributed by atoms with Crippen LogP contribution in [0.1, 0.15) is 32.6 Å². The molecule has 0 N–H and O–H groups in total. The van der Waals surface area contributed by atoms with Crippen molar-refractivity contribution in [2.75, 3.05) is 18.8 Å². The topological polar surface area (TPSA) is 54.5 Å². The summed E-state index contributed by atoms with van der Waals surface area (Å²) in [4.78, 5) is 11.1. The number of hydrogen-bond acceptors (Lipinski definition) is 3. The number of Topliss-reactive ketones (excluding diaryl/α,β-unsaturated/α-hetero) is 1. The molecule has 1 fully saturated rings. The van der Waals surface area contributed by atoms with E-state index >= 15 is 0 Å². The molecular formula is C9H17NO3S. The van der Waals surface area contributed by atoms with Crippen LogP contribution in [0.3, 0.4) is 0 Å². The van der Waals surface area contributed by atoms with Crippen molar-refractivity contribution in [3.8, 4) is 0 Å². The fourth-order valence-corrected chi connectivity index (χ4v) is 3.15. The number of rotatable bonds is 4. The molecule has 5 heteroatoms. The van der Waals surface area contributed by atoms with Crippen LogP contribution in [-0.4, -0.2) is 37.3 Å². The number of carbonyl (C=O) groups is 1. The van der Waals surface area contributed by atoms with E-state index in [9.17, 15) is 13.2 Å². The first-order valence-corrected chi connectivity index (χ1v) is 6.66. The average Bonchev–Trinajstić information content (AvgIpc) is 2.18. The van der Waals surface area contributed by atoms with Crippen molar-refractivity contribution in [1.29, 1.82) is 0 Å². The van der Waals surface area contributed by atoms with Crippen molar-refractivity contribution in [2.45, 2.75) is 32.6 Å². The molecule has 0 spiro atoms. The van der Waals surface area contributed by atoms with E-state index in [2.05, 4.69) is 0 Å². The highest BCUT2D eigenvalue weighted by Gasteiger charge is 2.25. The number of ketones is 1. The number of sulfonamides is 1. The van der Waals surface area contributed by atoms with Crippen LogP contribution in [0.2, 0.25) is 0 Å². The lowest BCUT2D eigenvalue weighted by Gasteiger charge is -2.25. The van der Waals surface area contributed by atoms with Crippen LogP contribution in [0, 0.1) is 0 Å². The molecule has 0 saturated carbocycles. The van der Waals surface area contributed by atoms with Gasteiger partial charge in [-0.05, 0) is 12.8 Å². The van der Waals surface area contributed by atoms with Gasteiger partial charge in [0, 0.05) is 19.5 Å². The molecule has 1 aliphatic heterocycles. The Bertz CT molecular complexity index is 291. The van der Waals surface area contributed by atoms with Crippen molar-refractivity contribution in [3.05, 3.63) is 0 Å². The second-order valence-corrected chi connectivity index (χ2v) is 5.58. The summed E-state index contributed by atoms with van der Waals surface area (Å²) in [7, 11) is -3.31. The van der Waals surface area contributed by atoms with Crippen LogP contribution in [0.15, 0.2) is 0 Å². The van der Waals surface area contributed by atoms with E-state index in [-0.39, 0.29) is 11.5 Å². The van der Waals surface area contributed by atoms with Gasteiger partial charge in [0.05, 0.1) is 0 Å². The van der Waals surface area contributed by atoms with Crippen LogP contribution in [0.4, 0.5) is 0 Å². The first-order valence-electron chi connectivity index (χ1n) is 5.06. The number of nitrogens with zero attached hydrogens (tertiary/aromatic N) is 1. The molecule has 0 aromatic heterocycles. The summed E-state index contributed by atoms with van der Waals surface area (Å²) < 4.78 is 24.8. The van der Waals surface area contributed by atoms with Crippen molar-refractivity contribution in [3.63, 3.8) is 0 Å². The molecule has 0 aromatic carbocycles. The Hall–Kier alpha value is -0.420. The molecule has 0 aromatic rings. The molecule has 1 saturated heterocycles. The Balaban J connectivity index is 2.59. The van der Waals surface area contributed by atoms with E-state index in [1.165, 1.54) is 4.31 Å². The summed E-state index contributed by atoms with van der Waals surface area (Å²) in [5.41, 5.74) is 0. The molecule has 4 nitrogen and oxygen atoms in total. The van der Waals surface area contributed by atoms with Gasteiger partial charge in [-0.15, -0.1) is 0 Å². The van der Waals surface area contributed by atoms with Crippen molar-refractivity contribution < 1.29 is 13.2 Å². The van der Waals surface area contributed by atoms with E-state index in [1.54, 1.807) is 6.92 Å². The summed E-state index contributed by atoms with van der Waals surface area (Å²) >= 11 is 0. The van der Waals surface area contributed by atoms with Crippen LogP contribution < -0.4 is 0 Å². The van der Waals surface area contributed by atoms with Gasteiger partial charge in [-0.2, -0.15) is 0 Å². The van der Waals surface area contributed by atoms with Crippen LogP contribution >= 0.6 is 0 Å². The van der Waals surface area contributed by atoms with Crippen molar-refractivity contribution >= 4 is 15.8 Å².